The van der Waals surface area contributed by atoms with Gasteiger partial charge in [-0.1, -0.05) is 25.1 Å². The minimum absolute atomic E-state index is 0.161. The smallest absolute Gasteiger partial charge is 0.234 e. The zero-order valence-corrected chi connectivity index (χ0v) is 15.8. The Kier molecular flexibility index (Phi) is 8.88. The van der Waals surface area contributed by atoms with Gasteiger partial charge < -0.3 is 20.9 Å². The number of piperidine rings is 1. The van der Waals surface area contributed by atoms with E-state index in [2.05, 4.69) is 17.1 Å². The highest BCUT2D eigenvalue weighted by Gasteiger charge is 2.31. The van der Waals surface area contributed by atoms with Crippen molar-refractivity contribution in [3.8, 4) is 5.75 Å². The molecule has 1 aromatic rings. The van der Waals surface area contributed by atoms with Crippen molar-refractivity contribution in [2.45, 2.75) is 57.2 Å². The number of hydrogen-bond acceptors (Lipinski definition) is 5. The van der Waals surface area contributed by atoms with Gasteiger partial charge in [-0.15, -0.1) is 0 Å². The van der Waals surface area contributed by atoms with E-state index in [1.165, 1.54) is 0 Å². The molecule has 6 heteroatoms. The zero-order chi connectivity index (χ0) is 18.8. The van der Waals surface area contributed by atoms with E-state index in [0.29, 0.717) is 19.1 Å². The summed E-state index contributed by atoms with van der Waals surface area (Å²) in [5.41, 5.74) is 5.57. The summed E-state index contributed by atoms with van der Waals surface area (Å²) in [5.74, 6) is 0.555. The van der Waals surface area contributed by atoms with Crippen LogP contribution in [0.1, 0.15) is 39.0 Å². The second kappa shape index (κ2) is 11.2. The first-order valence-corrected chi connectivity index (χ1v) is 9.72. The number of nitrogens with two attached hydrogens (primary N) is 1. The molecule has 1 heterocycles. The number of para-hydroxylation sites is 1. The van der Waals surface area contributed by atoms with Crippen molar-refractivity contribution in [1.29, 1.82) is 0 Å². The van der Waals surface area contributed by atoms with E-state index in [-0.39, 0.29) is 11.9 Å². The van der Waals surface area contributed by atoms with Crippen LogP contribution in [0.5, 0.6) is 5.75 Å². The van der Waals surface area contributed by atoms with Crippen LogP contribution in [0.3, 0.4) is 0 Å². The average Bonchev–Trinajstić information content (AvgIpc) is 2.65. The van der Waals surface area contributed by atoms with E-state index >= 15 is 0 Å². The molecule has 0 bridgehead atoms. The Hall–Kier alpha value is -1.63. The van der Waals surface area contributed by atoms with Crippen molar-refractivity contribution >= 4 is 5.91 Å². The van der Waals surface area contributed by atoms with Gasteiger partial charge in [-0.05, 0) is 57.3 Å². The zero-order valence-electron chi connectivity index (χ0n) is 15.8. The lowest BCUT2D eigenvalue weighted by Crippen LogP contribution is -2.54. The number of aliphatic hydroxyl groups is 1. The molecule has 6 nitrogen and oxygen atoms in total. The van der Waals surface area contributed by atoms with Crippen LogP contribution < -0.4 is 15.8 Å². The van der Waals surface area contributed by atoms with Gasteiger partial charge in [-0.25, -0.2) is 0 Å². The number of hydrogen-bond donors (Lipinski definition) is 3. The standard InChI is InChI=1S/C20H33N3O3/c1-2-12-23-13-10-16(14-19(23)20(21)25)22-11-6-7-17(24)15-26-18-8-4-3-5-9-18/h3-5,8-9,16-17,19,22,24H,2,6-7,10-15H2,1H3,(H2,21,25). The third kappa shape index (κ3) is 6.94. The van der Waals surface area contributed by atoms with Gasteiger partial charge in [0.1, 0.15) is 12.4 Å². The summed E-state index contributed by atoms with van der Waals surface area (Å²) in [6.07, 6.45) is 3.93. The molecular weight excluding hydrogens is 330 g/mol. The number of aliphatic hydroxyl groups excluding tert-OH is 1. The van der Waals surface area contributed by atoms with Gasteiger partial charge >= 0.3 is 0 Å². The van der Waals surface area contributed by atoms with Crippen LogP contribution in [-0.4, -0.2) is 60.3 Å². The van der Waals surface area contributed by atoms with Crippen molar-refractivity contribution in [2.75, 3.05) is 26.2 Å². The Morgan fingerprint density at radius 2 is 2.19 bits per heavy atom. The molecule has 4 N–H and O–H groups in total. The normalized spacial score (nSPS) is 22.1. The van der Waals surface area contributed by atoms with Gasteiger partial charge in [0.2, 0.25) is 5.91 Å². The third-order valence-electron chi connectivity index (χ3n) is 4.89. The van der Waals surface area contributed by atoms with Crippen LogP contribution >= 0.6 is 0 Å². The van der Waals surface area contributed by atoms with Gasteiger partial charge in [-0.2, -0.15) is 0 Å². The number of rotatable bonds is 11. The first kappa shape index (κ1) is 20.7. The largest absolute Gasteiger partial charge is 0.491 e. The van der Waals surface area contributed by atoms with Crippen molar-refractivity contribution < 1.29 is 14.6 Å². The number of carbonyl (C=O) groups excluding carboxylic acids is 1. The number of nitrogens with zero attached hydrogens (tertiary/aromatic N) is 1. The van der Waals surface area contributed by atoms with Crippen LogP contribution in [0.2, 0.25) is 0 Å². The molecule has 1 aliphatic heterocycles. The van der Waals surface area contributed by atoms with E-state index in [0.717, 1.165) is 51.1 Å². The molecule has 1 aromatic carbocycles. The SMILES string of the molecule is CCCN1CCC(NCCCC(O)COc2ccccc2)CC1C(N)=O. The van der Waals surface area contributed by atoms with Crippen molar-refractivity contribution in [3.05, 3.63) is 30.3 Å². The summed E-state index contributed by atoms with van der Waals surface area (Å²) < 4.78 is 5.56. The van der Waals surface area contributed by atoms with Gasteiger partial charge in [0.25, 0.3) is 0 Å². The van der Waals surface area contributed by atoms with Gasteiger partial charge in [-0.3, -0.25) is 9.69 Å². The molecule has 0 saturated carbocycles. The number of amides is 1. The minimum atomic E-state index is -0.471. The lowest BCUT2D eigenvalue weighted by atomic mass is 9.96. The second-order valence-electron chi connectivity index (χ2n) is 7.05. The van der Waals surface area contributed by atoms with Crippen LogP contribution in [0, 0.1) is 0 Å². The molecule has 0 radical (unpaired) electrons. The van der Waals surface area contributed by atoms with Crippen LogP contribution in [0.15, 0.2) is 30.3 Å². The maximum absolute atomic E-state index is 11.7. The van der Waals surface area contributed by atoms with Crippen molar-refractivity contribution in [3.63, 3.8) is 0 Å². The van der Waals surface area contributed by atoms with Crippen LogP contribution in [-0.2, 0) is 4.79 Å². The predicted molar refractivity (Wildman–Crippen MR) is 103 cm³/mol. The fraction of sp³-hybridized carbons (Fsp3) is 0.650. The lowest BCUT2D eigenvalue weighted by molar-refractivity contribution is -0.124. The number of ether oxygens (including phenoxy) is 1. The molecule has 1 saturated heterocycles. The Bertz CT molecular complexity index is 526. The highest BCUT2D eigenvalue weighted by atomic mass is 16.5. The maximum atomic E-state index is 11.7. The molecular formula is C20H33N3O3. The molecule has 146 valence electrons. The fourth-order valence-corrected chi connectivity index (χ4v) is 3.49. The number of benzene rings is 1. The molecule has 1 amide bonds. The molecule has 1 aliphatic rings. The van der Waals surface area contributed by atoms with Crippen molar-refractivity contribution in [1.82, 2.24) is 10.2 Å². The van der Waals surface area contributed by atoms with Crippen molar-refractivity contribution in [2.24, 2.45) is 5.73 Å². The number of primary amides is 1. The quantitative estimate of drug-likeness (QED) is 0.519. The van der Waals surface area contributed by atoms with E-state index in [1.54, 1.807) is 0 Å². The average molecular weight is 364 g/mol. The summed E-state index contributed by atoms with van der Waals surface area (Å²) in [6, 6.07) is 9.69. The Balaban J connectivity index is 1.61. The number of likely N-dealkylation sites (tertiary alicyclic amines) is 1. The molecule has 26 heavy (non-hydrogen) atoms. The maximum Gasteiger partial charge on any atom is 0.234 e. The summed E-state index contributed by atoms with van der Waals surface area (Å²) in [7, 11) is 0. The topological polar surface area (TPSA) is 87.8 Å². The molecule has 3 unspecified atom stereocenters. The highest BCUT2D eigenvalue weighted by molar-refractivity contribution is 5.80. The van der Waals surface area contributed by atoms with E-state index in [4.69, 9.17) is 10.5 Å². The molecule has 2 rings (SSSR count). The van der Waals surface area contributed by atoms with E-state index in [9.17, 15) is 9.90 Å². The Morgan fingerprint density at radius 1 is 1.42 bits per heavy atom. The summed E-state index contributed by atoms with van der Waals surface area (Å²) >= 11 is 0. The fourth-order valence-electron chi connectivity index (χ4n) is 3.49. The second-order valence-corrected chi connectivity index (χ2v) is 7.05. The predicted octanol–water partition coefficient (Wildman–Crippen LogP) is 1.52. The first-order chi connectivity index (χ1) is 12.6. The number of nitrogens with one attached hydrogen (secondary N) is 1. The van der Waals surface area contributed by atoms with Gasteiger partial charge in [0.05, 0.1) is 12.1 Å². The van der Waals surface area contributed by atoms with Gasteiger partial charge in [0, 0.05) is 12.6 Å². The van der Waals surface area contributed by atoms with Gasteiger partial charge in [0.15, 0.2) is 0 Å². The minimum Gasteiger partial charge on any atom is -0.491 e. The van der Waals surface area contributed by atoms with E-state index in [1.807, 2.05) is 30.3 Å². The van der Waals surface area contributed by atoms with Crippen LogP contribution in [0.4, 0.5) is 0 Å². The lowest BCUT2D eigenvalue weighted by Gasteiger charge is -2.38. The first-order valence-electron chi connectivity index (χ1n) is 9.72. The monoisotopic (exact) mass is 363 g/mol. The molecule has 0 aromatic heterocycles. The molecule has 0 aliphatic carbocycles. The molecule has 0 spiro atoms. The van der Waals surface area contributed by atoms with Crippen LogP contribution in [0.25, 0.3) is 0 Å². The third-order valence-corrected chi connectivity index (χ3v) is 4.89. The summed E-state index contributed by atoms with van der Waals surface area (Å²) in [5, 5.41) is 13.5. The molecule has 1 fully saturated rings. The molecule has 3 atom stereocenters. The number of carbonyl (C=O) groups is 1. The Morgan fingerprint density at radius 3 is 2.88 bits per heavy atom. The summed E-state index contributed by atoms with van der Waals surface area (Å²) in [4.78, 5) is 13.9. The highest BCUT2D eigenvalue weighted by Crippen LogP contribution is 2.18. The van der Waals surface area contributed by atoms with E-state index < -0.39 is 6.10 Å². The summed E-state index contributed by atoms with van der Waals surface area (Å²) in [6.45, 7) is 5.09. The Labute approximate surface area is 156 Å².